The average Bonchev–Trinajstić information content (AvgIpc) is 3.09. The van der Waals surface area contributed by atoms with E-state index >= 15 is 0 Å². The van der Waals surface area contributed by atoms with Crippen LogP contribution in [-0.2, 0) is 11.3 Å². The predicted octanol–water partition coefficient (Wildman–Crippen LogP) is 2.19. The van der Waals surface area contributed by atoms with E-state index in [0.717, 1.165) is 49.8 Å². The summed E-state index contributed by atoms with van der Waals surface area (Å²) in [5.41, 5.74) is 7.76. The quantitative estimate of drug-likeness (QED) is 0.872. The zero-order valence-electron chi connectivity index (χ0n) is 13.9. The smallest absolute Gasteiger partial charge is 0.222 e. The number of hydrogen-bond donors (Lipinski definition) is 1. The van der Waals surface area contributed by atoms with E-state index in [1.165, 1.54) is 5.56 Å². The van der Waals surface area contributed by atoms with Gasteiger partial charge in [0.2, 0.25) is 5.91 Å². The molecule has 2 N–H and O–H groups in total. The molecule has 0 saturated carbocycles. The highest BCUT2D eigenvalue weighted by Crippen LogP contribution is 2.24. The number of carbonyl (C=O) groups is 1. The molecule has 0 unspecified atom stereocenters. The molecule has 2 heterocycles. The lowest BCUT2D eigenvalue weighted by Crippen LogP contribution is -2.48. The monoisotopic (exact) mass is 344 g/mol. The van der Waals surface area contributed by atoms with Gasteiger partial charge in [-0.1, -0.05) is 30.3 Å². The molecule has 1 aliphatic rings. The van der Waals surface area contributed by atoms with Crippen molar-refractivity contribution in [1.29, 1.82) is 0 Å². The minimum absolute atomic E-state index is 0.236. The number of amides is 1. The second kappa shape index (κ2) is 8.37. The molecule has 1 amide bonds. The molecule has 1 saturated heterocycles. The van der Waals surface area contributed by atoms with Crippen LogP contribution in [0.5, 0.6) is 0 Å². The molecule has 0 spiro atoms. The number of carbonyl (C=O) groups excluding carboxylic acids is 1. The maximum absolute atomic E-state index is 12.0. The van der Waals surface area contributed by atoms with Gasteiger partial charge in [0.25, 0.3) is 0 Å². The molecule has 24 heavy (non-hydrogen) atoms. The minimum atomic E-state index is 0.236. The minimum Gasteiger partial charge on any atom is -0.340 e. The molecular formula is C18H24N4OS. The lowest BCUT2D eigenvalue weighted by atomic mass is 10.2. The number of thiazole rings is 1. The largest absolute Gasteiger partial charge is 0.340 e. The van der Waals surface area contributed by atoms with Crippen molar-refractivity contribution in [2.24, 2.45) is 5.73 Å². The molecule has 1 aliphatic heterocycles. The Morgan fingerprint density at radius 3 is 2.62 bits per heavy atom. The zero-order valence-corrected chi connectivity index (χ0v) is 14.7. The third-order valence-corrected chi connectivity index (χ3v) is 5.22. The summed E-state index contributed by atoms with van der Waals surface area (Å²) in [6, 6.07) is 10.3. The van der Waals surface area contributed by atoms with E-state index < -0.39 is 0 Å². The Hall–Kier alpha value is -1.76. The van der Waals surface area contributed by atoms with Gasteiger partial charge in [-0.25, -0.2) is 4.98 Å². The van der Waals surface area contributed by atoms with Crippen molar-refractivity contribution in [1.82, 2.24) is 14.8 Å². The SMILES string of the molecule is NCCCC(=O)N1CCN(Cc2csc(-c3ccccc3)n2)CC1. The fourth-order valence-electron chi connectivity index (χ4n) is 2.89. The van der Waals surface area contributed by atoms with Gasteiger partial charge in [-0.2, -0.15) is 0 Å². The van der Waals surface area contributed by atoms with Crippen molar-refractivity contribution in [2.75, 3.05) is 32.7 Å². The number of piperazine rings is 1. The van der Waals surface area contributed by atoms with E-state index in [1.54, 1.807) is 11.3 Å². The van der Waals surface area contributed by atoms with Crippen LogP contribution in [0.3, 0.4) is 0 Å². The Morgan fingerprint density at radius 1 is 1.17 bits per heavy atom. The Bertz CT molecular complexity index is 650. The fourth-order valence-corrected chi connectivity index (χ4v) is 3.71. The first-order chi connectivity index (χ1) is 11.8. The lowest BCUT2D eigenvalue weighted by molar-refractivity contribution is -0.133. The third-order valence-electron chi connectivity index (χ3n) is 4.28. The predicted molar refractivity (Wildman–Crippen MR) is 97.7 cm³/mol. The Kier molecular flexibility index (Phi) is 5.96. The van der Waals surface area contributed by atoms with Crippen LogP contribution in [0.2, 0.25) is 0 Å². The van der Waals surface area contributed by atoms with E-state index in [-0.39, 0.29) is 5.91 Å². The molecule has 0 radical (unpaired) electrons. The highest BCUT2D eigenvalue weighted by molar-refractivity contribution is 7.13. The summed E-state index contributed by atoms with van der Waals surface area (Å²) >= 11 is 1.69. The number of nitrogens with two attached hydrogens (primary N) is 1. The molecule has 128 valence electrons. The van der Waals surface area contributed by atoms with Gasteiger partial charge in [-0.15, -0.1) is 11.3 Å². The van der Waals surface area contributed by atoms with Gasteiger partial charge in [0, 0.05) is 50.1 Å². The molecule has 2 aromatic rings. The summed E-state index contributed by atoms with van der Waals surface area (Å²) in [6.07, 6.45) is 1.35. The fraction of sp³-hybridized carbons (Fsp3) is 0.444. The highest BCUT2D eigenvalue weighted by atomic mass is 32.1. The topological polar surface area (TPSA) is 62.5 Å². The molecule has 5 nitrogen and oxygen atoms in total. The summed E-state index contributed by atoms with van der Waals surface area (Å²) in [7, 11) is 0. The molecule has 6 heteroatoms. The van der Waals surface area contributed by atoms with Crippen LogP contribution in [-0.4, -0.2) is 53.4 Å². The van der Waals surface area contributed by atoms with E-state index in [9.17, 15) is 4.79 Å². The van der Waals surface area contributed by atoms with Crippen LogP contribution in [0.4, 0.5) is 0 Å². The van der Waals surface area contributed by atoms with Crippen LogP contribution in [0.1, 0.15) is 18.5 Å². The number of aromatic nitrogens is 1. The number of rotatable bonds is 6. The Labute approximate surface area is 147 Å². The highest BCUT2D eigenvalue weighted by Gasteiger charge is 2.21. The van der Waals surface area contributed by atoms with Gasteiger partial charge in [0.1, 0.15) is 5.01 Å². The van der Waals surface area contributed by atoms with E-state index in [1.807, 2.05) is 23.1 Å². The summed E-state index contributed by atoms with van der Waals surface area (Å²) in [4.78, 5) is 21.1. The number of nitrogens with zero attached hydrogens (tertiary/aromatic N) is 3. The number of hydrogen-bond acceptors (Lipinski definition) is 5. The van der Waals surface area contributed by atoms with Crippen molar-refractivity contribution in [3.8, 4) is 10.6 Å². The van der Waals surface area contributed by atoms with Gasteiger partial charge < -0.3 is 10.6 Å². The second-order valence-electron chi connectivity index (χ2n) is 6.06. The van der Waals surface area contributed by atoms with Crippen LogP contribution in [0.15, 0.2) is 35.7 Å². The first-order valence-electron chi connectivity index (χ1n) is 8.46. The third kappa shape index (κ3) is 4.41. The van der Waals surface area contributed by atoms with Gasteiger partial charge in [0.05, 0.1) is 5.69 Å². The summed E-state index contributed by atoms with van der Waals surface area (Å²) in [5.74, 6) is 0.236. The van der Waals surface area contributed by atoms with Crippen LogP contribution in [0.25, 0.3) is 10.6 Å². The van der Waals surface area contributed by atoms with Crippen molar-refractivity contribution in [3.05, 3.63) is 41.4 Å². The van der Waals surface area contributed by atoms with Crippen LogP contribution >= 0.6 is 11.3 Å². The Morgan fingerprint density at radius 2 is 1.92 bits per heavy atom. The average molecular weight is 344 g/mol. The molecular weight excluding hydrogens is 320 g/mol. The zero-order chi connectivity index (χ0) is 16.8. The molecule has 0 bridgehead atoms. The van der Waals surface area contributed by atoms with Crippen molar-refractivity contribution in [3.63, 3.8) is 0 Å². The molecule has 1 fully saturated rings. The maximum atomic E-state index is 12.0. The molecule has 0 aliphatic carbocycles. The lowest BCUT2D eigenvalue weighted by Gasteiger charge is -2.34. The second-order valence-corrected chi connectivity index (χ2v) is 6.92. The van der Waals surface area contributed by atoms with Gasteiger partial charge in [-0.3, -0.25) is 9.69 Å². The van der Waals surface area contributed by atoms with Crippen molar-refractivity contribution < 1.29 is 4.79 Å². The van der Waals surface area contributed by atoms with Crippen LogP contribution < -0.4 is 5.73 Å². The Balaban J connectivity index is 1.50. The summed E-state index contributed by atoms with van der Waals surface area (Å²) < 4.78 is 0. The standard InChI is InChI=1S/C18H24N4OS/c19-8-4-7-17(23)22-11-9-21(10-12-22)13-16-14-24-18(20-16)15-5-2-1-3-6-15/h1-3,5-6,14H,4,7-13,19H2. The first kappa shape index (κ1) is 17.1. The summed E-state index contributed by atoms with van der Waals surface area (Å²) in [6.45, 7) is 4.87. The molecule has 1 aromatic heterocycles. The van der Waals surface area contributed by atoms with E-state index in [4.69, 9.17) is 10.7 Å². The van der Waals surface area contributed by atoms with Crippen molar-refractivity contribution in [2.45, 2.75) is 19.4 Å². The van der Waals surface area contributed by atoms with Gasteiger partial charge in [0.15, 0.2) is 0 Å². The molecule has 0 atom stereocenters. The van der Waals surface area contributed by atoms with Gasteiger partial charge >= 0.3 is 0 Å². The normalized spacial score (nSPS) is 15.6. The maximum Gasteiger partial charge on any atom is 0.222 e. The number of benzene rings is 1. The van der Waals surface area contributed by atoms with Crippen LogP contribution in [0, 0.1) is 0 Å². The summed E-state index contributed by atoms with van der Waals surface area (Å²) in [5, 5.41) is 3.21. The van der Waals surface area contributed by atoms with Gasteiger partial charge in [-0.05, 0) is 13.0 Å². The van der Waals surface area contributed by atoms with E-state index in [0.29, 0.717) is 13.0 Å². The van der Waals surface area contributed by atoms with E-state index in [2.05, 4.69) is 22.4 Å². The molecule has 1 aromatic carbocycles. The van der Waals surface area contributed by atoms with Crippen molar-refractivity contribution >= 4 is 17.2 Å². The first-order valence-corrected chi connectivity index (χ1v) is 9.34. The molecule has 3 rings (SSSR count).